The molecule has 19 heavy (non-hydrogen) atoms. The van der Waals surface area contributed by atoms with Gasteiger partial charge in [-0.1, -0.05) is 18.2 Å². The number of aromatic nitrogens is 2. The third-order valence-electron chi connectivity index (χ3n) is 2.75. The number of hydrogen-bond donors (Lipinski definition) is 1. The normalized spacial score (nSPS) is 17.4. The van der Waals surface area contributed by atoms with Crippen molar-refractivity contribution in [1.82, 2.24) is 10.2 Å². The molecular weight excluding hydrogens is 248 g/mol. The molecular formula is C13H10N2O4. The van der Waals surface area contributed by atoms with Crippen molar-refractivity contribution in [2.45, 2.75) is 12.5 Å². The SMILES string of the molecule is O=C(O)/C=C/c1nnc(C2Cc3ccccc3O2)o1. The summed E-state index contributed by atoms with van der Waals surface area (Å²) in [6.07, 6.45) is 2.56. The fourth-order valence-corrected chi connectivity index (χ4v) is 1.91. The molecule has 6 nitrogen and oxygen atoms in total. The average Bonchev–Trinajstić information content (AvgIpc) is 3.02. The molecule has 1 aliphatic rings. The Kier molecular flexibility index (Phi) is 2.75. The first-order valence-electron chi connectivity index (χ1n) is 5.71. The van der Waals surface area contributed by atoms with Crippen LogP contribution in [0.2, 0.25) is 0 Å². The second kappa shape index (κ2) is 4.56. The molecule has 0 bridgehead atoms. The summed E-state index contributed by atoms with van der Waals surface area (Å²) in [4.78, 5) is 10.4. The average molecular weight is 258 g/mol. The number of hydrogen-bond acceptors (Lipinski definition) is 5. The van der Waals surface area contributed by atoms with Gasteiger partial charge in [-0.15, -0.1) is 10.2 Å². The van der Waals surface area contributed by atoms with Crippen LogP contribution in [0.3, 0.4) is 0 Å². The van der Waals surface area contributed by atoms with Crippen molar-refractivity contribution in [3.63, 3.8) is 0 Å². The zero-order valence-corrected chi connectivity index (χ0v) is 9.81. The lowest BCUT2D eigenvalue weighted by atomic mass is 10.1. The van der Waals surface area contributed by atoms with Gasteiger partial charge in [0.05, 0.1) is 0 Å². The molecule has 1 aliphatic heterocycles. The predicted octanol–water partition coefficient (Wildman–Crippen LogP) is 1.84. The zero-order valence-electron chi connectivity index (χ0n) is 9.81. The molecule has 1 aromatic carbocycles. The van der Waals surface area contributed by atoms with Crippen molar-refractivity contribution in [2.24, 2.45) is 0 Å². The van der Waals surface area contributed by atoms with Gasteiger partial charge in [-0.25, -0.2) is 4.79 Å². The van der Waals surface area contributed by atoms with Crippen LogP contribution in [0.1, 0.15) is 23.4 Å². The number of carboxylic acids is 1. The molecule has 1 unspecified atom stereocenters. The third kappa shape index (κ3) is 2.33. The number of rotatable bonds is 3. The van der Waals surface area contributed by atoms with E-state index in [1.54, 1.807) is 0 Å². The Morgan fingerprint density at radius 1 is 1.37 bits per heavy atom. The number of fused-ring (bicyclic) bond motifs is 1. The van der Waals surface area contributed by atoms with Gasteiger partial charge in [-0.05, 0) is 11.6 Å². The van der Waals surface area contributed by atoms with Crippen LogP contribution in [0, 0.1) is 0 Å². The summed E-state index contributed by atoms with van der Waals surface area (Å²) in [6, 6.07) is 7.71. The summed E-state index contributed by atoms with van der Waals surface area (Å²) in [7, 11) is 0. The van der Waals surface area contributed by atoms with Gasteiger partial charge in [0.1, 0.15) is 5.75 Å². The molecule has 0 spiro atoms. The van der Waals surface area contributed by atoms with Crippen LogP contribution in [0.5, 0.6) is 5.75 Å². The Morgan fingerprint density at radius 3 is 3.00 bits per heavy atom. The molecule has 0 saturated carbocycles. The minimum atomic E-state index is -1.07. The maximum absolute atomic E-state index is 10.4. The van der Waals surface area contributed by atoms with Crippen LogP contribution in [0.15, 0.2) is 34.8 Å². The predicted molar refractivity (Wildman–Crippen MR) is 64.5 cm³/mol. The smallest absolute Gasteiger partial charge is 0.328 e. The summed E-state index contributed by atoms with van der Waals surface area (Å²) >= 11 is 0. The van der Waals surface area contributed by atoms with Crippen LogP contribution in [0.4, 0.5) is 0 Å². The topological polar surface area (TPSA) is 85.5 Å². The lowest BCUT2D eigenvalue weighted by Gasteiger charge is -2.04. The van der Waals surface area contributed by atoms with Gasteiger partial charge in [0, 0.05) is 18.6 Å². The van der Waals surface area contributed by atoms with Crippen molar-refractivity contribution >= 4 is 12.0 Å². The maximum Gasteiger partial charge on any atom is 0.328 e. The van der Waals surface area contributed by atoms with E-state index < -0.39 is 5.97 Å². The Labute approximate surface area is 108 Å². The number of aliphatic carboxylic acids is 1. The summed E-state index contributed by atoms with van der Waals surface area (Å²) in [5.41, 5.74) is 1.09. The summed E-state index contributed by atoms with van der Waals surface area (Å²) in [5.74, 6) is 0.246. The minimum absolute atomic E-state index is 0.150. The first-order valence-corrected chi connectivity index (χ1v) is 5.71. The second-order valence-corrected chi connectivity index (χ2v) is 4.07. The number of carbonyl (C=O) groups is 1. The Hall–Kier alpha value is -2.63. The molecule has 0 aliphatic carbocycles. The van der Waals surface area contributed by atoms with Crippen molar-refractivity contribution in [3.8, 4) is 5.75 Å². The van der Waals surface area contributed by atoms with Gasteiger partial charge in [-0.3, -0.25) is 0 Å². The van der Waals surface area contributed by atoms with E-state index in [1.807, 2.05) is 24.3 Å². The van der Waals surface area contributed by atoms with Crippen molar-refractivity contribution < 1.29 is 19.1 Å². The van der Waals surface area contributed by atoms with E-state index in [0.29, 0.717) is 12.3 Å². The molecule has 1 atom stereocenters. The summed E-state index contributed by atoms with van der Waals surface area (Å²) in [5, 5.41) is 16.1. The first-order chi connectivity index (χ1) is 9.22. The molecule has 0 fully saturated rings. The monoisotopic (exact) mass is 258 g/mol. The molecule has 3 rings (SSSR count). The number of carboxylic acid groups (broad SMARTS) is 1. The van der Waals surface area contributed by atoms with Gasteiger partial charge in [0.2, 0.25) is 5.89 Å². The highest BCUT2D eigenvalue weighted by Gasteiger charge is 2.28. The van der Waals surface area contributed by atoms with Crippen molar-refractivity contribution in [2.75, 3.05) is 0 Å². The second-order valence-electron chi connectivity index (χ2n) is 4.07. The molecule has 0 radical (unpaired) electrons. The fraction of sp³-hybridized carbons (Fsp3) is 0.154. The third-order valence-corrected chi connectivity index (χ3v) is 2.75. The van der Waals surface area contributed by atoms with Crippen LogP contribution in [-0.4, -0.2) is 21.3 Å². The van der Waals surface area contributed by atoms with E-state index in [0.717, 1.165) is 17.4 Å². The van der Waals surface area contributed by atoms with Gasteiger partial charge >= 0.3 is 5.97 Å². The number of benzene rings is 1. The first kappa shape index (κ1) is 11.5. The van der Waals surface area contributed by atoms with Gasteiger partial charge in [0.15, 0.2) is 6.10 Å². The lowest BCUT2D eigenvalue weighted by molar-refractivity contribution is -0.131. The number of para-hydroxylation sites is 1. The van der Waals surface area contributed by atoms with E-state index in [1.165, 1.54) is 6.08 Å². The molecule has 1 aromatic heterocycles. The molecule has 96 valence electrons. The highest BCUT2D eigenvalue weighted by Crippen LogP contribution is 2.35. The van der Waals surface area contributed by atoms with Crippen LogP contribution < -0.4 is 4.74 Å². The van der Waals surface area contributed by atoms with Crippen LogP contribution >= 0.6 is 0 Å². The Bertz CT molecular complexity index is 623. The van der Waals surface area contributed by atoms with Gasteiger partial charge in [-0.2, -0.15) is 0 Å². The van der Waals surface area contributed by atoms with Crippen molar-refractivity contribution in [1.29, 1.82) is 0 Å². The fourth-order valence-electron chi connectivity index (χ4n) is 1.91. The molecule has 0 saturated heterocycles. The number of ether oxygens (including phenoxy) is 1. The number of nitrogens with zero attached hydrogens (tertiary/aromatic N) is 2. The van der Waals surface area contributed by atoms with Gasteiger partial charge in [0.25, 0.3) is 5.89 Å². The van der Waals surface area contributed by atoms with E-state index >= 15 is 0 Å². The highest BCUT2D eigenvalue weighted by atomic mass is 16.5. The van der Waals surface area contributed by atoms with E-state index in [9.17, 15) is 4.79 Å². The quantitative estimate of drug-likeness (QED) is 0.845. The molecule has 2 heterocycles. The van der Waals surface area contributed by atoms with E-state index in [-0.39, 0.29) is 12.0 Å². The highest BCUT2D eigenvalue weighted by molar-refractivity contribution is 5.84. The van der Waals surface area contributed by atoms with E-state index in [4.69, 9.17) is 14.3 Å². The zero-order chi connectivity index (χ0) is 13.2. The van der Waals surface area contributed by atoms with Crippen LogP contribution in [0.25, 0.3) is 6.08 Å². The molecule has 0 amide bonds. The standard InChI is InChI=1S/C13H10N2O4/c16-12(17)6-5-11-14-15-13(19-11)10-7-8-3-1-2-4-9(8)18-10/h1-6,10H,7H2,(H,16,17)/b6-5+. The van der Waals surface area contributed by atoms with Crippen molar-refractivity contribution in [3.05, 3.63) is 47.7 Å². The molecule has 1 N–H and O–H groups in total. The Balaban J connectivity index is 1.77. The summed E-state index contributed by atoms with van der Waals surface area (Å²) < 4.78 is 11.0. The largest absolute Gasteiger partial charge is 0.480 e. The molecule has 6 heteroatoms. The minimum Gasteiger partial charge on any atom is -0.480 e. The maximum atomic E-state index is 10.4. The summed E-state index contributed by atoms with van der Waals surface area (Å²) in [6.45, 7) is 0. The molecule has 2 aromatic rings. The van der Waals surface area contributed by atoms with E-state index in [2.05, 4.69) is 10.2 Å². The van der Waals surface area contributed by atoms with Gasteiger partial charge < -0.3 is 14.3 Å². The Morgan fingerprint density at radius 2 is 2.21 bits per heavy atom. The van der Waals surface area contributed by atoms with Crippen LogP contribution in [-0.2, 0) is 11.2 Å². The lowest BCUT2D eigenvalue weighted by Crippen LogP contribution is -2.03.